The molecule has 0 radical (unpaired) electrons. The van der Waals surface area contributed by atoms with E-state index in [1.807, 2.05) is 0 Å². The van der Waals surface area contributed by atoms with E-state index in [-0.39, 0.29) is 31.1 Å². The summed E-state index contributed by atoms with van der Waals surface area (Å²) >= 11 is 0. The van der Waals surface area contributed by atoms with Gasteiger partial charge in [-0.05, 0) is 25.2 Å². The molecule has 0 amide bonds. The second-order valence-electron chi connectivity index (χ2n) is 12.6. The lowest BCUT2D eigenvalue weighted by molar-refractivity contribution is -0.167. The van der Waals surface area contributed by atoms with Crippen molar-refractivity contribution in [1.29, 1.82) is 0 Å². The molecule has 0 rings (SSSR count). The Hall–Kier alpha value is -1.59. The van der Waals surface area contributed by atoms with Gasteiger partial charge in [0.1, 0.15) is 13.2 Å². The van der Waals surface area contributed by atoms with Crippen molar-refractivity contribution < 1.29 is 28.6 Å². The van der Waals surface area contributed by atoms with E-state index < -0.39 is 6.10 Å². The lowest BCUT2D eigenvalue weighted by Gasteiger charge is -2.18. The summed E-state index contributed by atoms with van der Waals surface area (Å²) in [7, 11) is 0. The predicted molar refractivity (Wildman–Crippen MR) is 173 cm³/mol. The highest BCUT2D eigenvalue weighted by Gasteiger charge is 2.19. The molecule has 0 aromatic heterocycles. The number of hydrogen-bond donors (Lipinski definition) is 0. The van der Waals surface area contributed by atoms with Crippen LogP contribution in [-0.4, -0.2) is 37.2 Å². The zero-order valence-corrected chi connectivity index (χ0v) is 28.2. The van der Waals surface area contributed by atoms with Gasteiger partial charge in [-0.1, -0.05) is 150 Å². The molecule has 0 aromatic carbocycles. The summed E-state index contributed by atoms with van der Waals surface area (Å²) in [6, 6.07) is 0. The highest BCUT2D eigenvalue weighted by molar-refractivity contribution is 5.71. The predicted octanol–water partition coefficient (Wildman–Crippen LogP) is 10.4. The maximum Gasteiger partial charge on any atom is 0.306 e. The smallest absolute Gasteiger partial charge is 0.306 e. The minimum absolute atomic E-state index is 0.0678. The van der Waals surface area contributed by atoms with Gasteiger partial charge in [0, 0.05) is 19.3 Å². The topological polar surface area (TPSA) is 78.9 Å². The Morgan fingerprint density at radius 2 is 0.786 bits per heavy atom. The maximum absolute atomic E-state index is 12.4. The normalized spacial score (nSPS) is 11.9. The summed E-state index contributed by atoms with van der Waals surface area (Å²) in [5.41, 5.74) is 0. The van der Waals surface area contributed by atoms with Crippen molar-refractivity contribution in [2.45, 2.75) is 194 Å². The van der Waals surface area contributed by atoms with Crippen LogP contribution in [0.2, 0.25) is 0 Å². The summed E-state index contributed by atoms with van der Waals surface area (Å²) in [5.74, 6) is -0.0704. The van der Waals surface area contributed by atoms with Gasteiger partial charge in [-0.2, -0.15) is 0 Å². The zero-order valence-electron chi connectivity index (χ0n) is 28.2. The van der Waals surface area contributed by atoms with Crippen LogP contribution in [0.3, 0.4) is 0 Å². The Morgan fingerprint density at radius 3 is 1.17 bits per heavy atom. The molecule has 0 saturated heterocycles. The molecule has 0 bridgehead atoms. The van der Waals surface area contributed by atoms with Crippen molar-refractivity contribution in [2.24, 2.45) is 5.92 Å². The summed E-state index contributed by atoms with van der Waals surface area (Å²) in [6.45, 7) is 8.78. The van der Waals surface area contributed by atoms with E-state index in [4.69, 9.17) is 14.2 Å². The molecule has 0 N–H and O–H groups in total. The number of carbonyl (C=O) groups excluding carboxylic acids is 3. The van der Waals surface area contributed by atoms with Crippen LogP contribution in [0, 0.1) is 5.92 Å². The highest BCUT2D eigenvalue weighted by atomic mass is 16.6. The third-order valence-electron chi connectivity index (χ3n) is 7.79. The van der Waals surface area contributed by atoms with E-state index in [0.717, 1.165) is 76.5 Å². The van der Waals surface area contributed by atoms with Crippen molar-refractivity contribution >= 4 is 17.9 Å². The molecule has 248 valence electrons. The van der Waals surface area contributed by atoms with Gasteiger partial charge in [-0.25, -0.2) is 0 Å². The molecule has 0 fully saturated rings. The molecule has 42 heavy (non-hydrogen) atoms. The second kappa shape index (κ2) is 30.9. The molecular weight excluding hydrogens is 528 g/mol. The highest BCUT2D eigenvalue weighted by Crippen LogP contribution is 2.15. The number of ether oxygens (including phenoxy) is 3. The molecule has 0 aliphatic carbocycles. The van der Waals surface area contributed by atoms with Crippen molar-refractivity contribution in [2.75, 3.05) is 13.2 Å². The van der Waals surface area contributed by atoms with Crippen LogP contribution in [0.1, 0.15) is 188 Å². The number of esters is 3. The molecule has 0 aliphatic rings. The van der Waals surface area contributed by atoms with Crippen LogP contribution >= 0.6 is 0 Å². The van der Waals surface area contributed by atoms with Crippen molar-refractivity contribution in [3.8, 4) is 0 Å². The minimum atomic E-state index is -0.753. The third-order valence-corrected chi connectivity index (χ3v) is 7.79. The van der Waals surface area contributed by atoms with E-state index in [1.54, 1.807) is 0 Å². The molecule has 0 aliphatic heterocycles. The number of hydrogen-bond acceptors (Lipinski definition) is 6. The Labute approximate surface area is 259 Å². The molecule has 6 nitrogen and oxygen atoms in total. The maximum atomic E-state index is 12.4. The molecule has 0 saturated carbocycles. The van der Waals surface area contributed by atoms with Gasteiger partial charge in [0.2, 0.25) is 0 Å². The Kier molecular flexibility index (Phi) is 29.7. The Bertz CT molecular complexity index is 632. The largest absolute Gasteiger partial charge is 0.462 e. The van der Waals surface area contributed by atoms with Crippen molar-refractivity contribution in [1.82, 2.24) is 0 Å². The fourth-order valence-corrected chi connectivity index (χ4v) is 5.04. The monoisotopic (exact) mass is 597 g/mol. The molecule has 1 atom stereocenters. The van der Waals surface area contributed by atoms with Gasteiger partial charge in [-0.15, -0.1) is 0 Å². The minimum Gasteiger partial charge on any atom is -0.462 e. The molecule has 0 heterocycles. The molecular formula is C36H68O6. The van der Waals surface area contributed by atoms with Crippen LogP contribution in [-0.2, 0) is 28.6 Å². The van der Waals surface area contributed by atoms with E-state index in [1.165, 1.54) is 70.6 Å². The molecule has 0 aromatic rings. The lowest BCUT2D eigenvalue weighted by Crippen LogP contribution is -2.30. The van der Waals surface area contributed by atoms with Gasteiger partial charge in [0.05, 0.1) is 0 Å². The standard InChI is InChI=1S/C36H68O6/c1-5-7-9-18-23-27-34(37)40-30-33(42-36(39)29-25-19-10-8-6-2)31-41-35(38)28-24-21-17-15-13-11-12-14-16-20-22-26-32(3)4/h32-33H,5-31H2,1-4H3/t33-/m0/s1. The molecule has 0 unspecified atom stereocenters. The average Bonchev–Trinajstić information content (AvgIpc) is 2.96. The second-order valence-corrected chi connectivity index (χ2v) is 12.6. The van der Waals surface area contributed by atoms with E-state index >= 15 is 0 Å². The van der Waals surface area contributed by atoms with Crippen LogP contribution in [0.5, 0.6) is 0 Å². The summed E-state index contributed by atoms with van der Waals surface area (Å²) in [4.78, 5) is 36.8. The molecule has 0 spiro atoms. The van der Waals surface area contributed by atoms with E-state index in [0.29, 0.717) is 19.3 Å². The summed E-state index contributed by atoms with van der Waals surface area (Å²) < 4.78 is 16.4. The van der Waals surface area contributed by atoms with Crippen LogP contribution in [0.15, 0.2) is 0 Å². The van der Waals surface area contributed by atoms with E-state index in [9.17, 15) is 14.4 Å². The van der Waals surface area contributed by atoms with Crippen LogP contribution < -0.4 is 0 Å². The third kappa shape index (κ3) is 29.9. The number of rotatable bonds is 31. The van der Waals surface area contributed by atoms with Gasteiger partial charge in [0.15, 0.2) is 6.10 Å². The van der Waals surface area contributed by atoms with Gasteiger partial charge >= 0.3 is 17.9 Å². The lowest BCUT2D eigenvalue weighted by atomic mass is 10.0. The quantitative estimate of drug-likeness (QED) is 0.0450. The van der Waals surface area contributed by atoms with E-state index in [2.05, 4.69) is 27.7 Å². The van der Waals surface area contributed by atoms with Crippen molar-refractivity contribution in [3.05, 3.63) is 0 Å². The SMILES string of the molecule is CCCCCCCC(=O)OC[C@@H](COC(=O)CCCCCCCCCCCCCC(C)C)OC(=O)CCCCCCC. The van der Waals surface area contributed by atoms with Crippen molar-refractivity contribution in [3.63, 3.8) is 0 Å². The van der Waals surface area contributed by atoms with Gasteiger partial charge < -0.3 is 14.2 Å². The number of carbonyl (C=O) groups is 3. The summed E-state index contributed by atoms with van der Waals surface area (Å²) in [5, 5.41) is 0. The van der Waals surface area contributed by atoms with Crippen LogP contribution in [0.4, 0.5) is 0 Å². The first-order valence-corrected chi connectivity index (χ1v) is 17.9. The average molecular weight is 597 g/mol. The van der Waals surface area contributed by atoms with Gasteiger partial charge in [0.25, 0.3) is 0 Å². The Morgan fingerprint density at radius 1 is 0.452 bits per heavy atom. The first kappa shape index (κ1) is 40.4. The van der Waals surface area contributed by atoms with Gasteiger partial charge in [-0.3, -0.25) is 14.4 Å². The first-order chi connectivity index (χ1) is 20.4. The Balaban J connectivity index is 4.14. The fraction of sp³-hybridized carbons (Fsp3) is 0.917. The summed E-state index contributed by atoms with van der Waals surface area (Å²) in [6.07, 6.45) is 25.8. The number of unbranched alkanes of at least 4 members (excludes halogenated alkanes) is 18. The zero-order chi connectivity index (χ0) is 31.1. The molecule has 6 heteroatoms. The first-order valence-electron chi connectivity index (χ1n) is 17.9. The van der Waals surface area contributed by atoms with Crippen LogP contribution in [0.25, 0.3) is 0 Å². The fourth-order valence-electron chi connectivity index (χ4n) is 5.04.